The number of ether oxygens (including phenoxy) is 1. The maximum Gasteiger partial charge on any atom is 0.316 e. The summed E-state index contributed by atoms with van der Waals surface area (Å²) in [7, 11) is 0. The largest absolute Gasteiger partial charge is 0.426 e. The number of hydrogen-bond donors (Lipinski definition) is 0. The monoisotopic (exact) mass is 460 g/mol. The lowest BCUT2D eigenvalue weighted by atomic mass is 9.81. The van der Waals surface area contributed by atoms with Gasteiger partial charge in [-0.15, -0.1) is 0 Å². The number of benzene rings is 2. The number of carbonyl (C=O) groups excluding carboxylic acids is 4. The number of anilines is 2. The number of nitrogens with zero attached hydrogens (tertiary/aromatic N) is 2. The summed E-state index contributed by atoms with van der Waals surface area (Å²) in [5.74, 6) is -1.47. The van der Waals surface area contributed by atoms with Crippen molar-refractivity contribution in [2.24, 2.45) is 17.8 Å². The van der Waals surface area contributed by atoms with Gasteiger partial charge in [-0.05, 0) is 62.1 Å². The molecule has 0 spiro atoms. The fraction of sp³-hybridized carbons (Fsp3) is 0.407. The van der Waals surface area contributed by atoms with E-state index in [9.17, 15) is 19.2 Å². The van der Waals surface area contributed by atoms with E-state index in [-0.39, 0.29) is 42.5 Å². The van der Waals surface area contributed by atoms with Crippen molar-refractivity contribution in [2.75, 3.05) is 16.3 Å². The molecular weight excluding hydrogens is 432 g/mol. The molecule has 2 aromatic carbocycles. The minimum absolute atomic E-state index is 0.0952. The molecule has 3 fully saturated rings. The number of para-hydroxylation sites is 1. The summed E-state index contributed by atoms with van der Waals surface area (Å²) < 4.78 is 5.55. The normalized spacial score (nSPS) is 24.5. The Balaban J connectivity index is 1.26. The van der Waals surface area contributed by atoms with Crippen molar-refractivity contribution >= 4 is 35.1 Å². The Labute approximate surface area is 198 Å². The predicted molar refractivity (Wildman–Crippen MR) is 126 cm³/mol. The smallest absolute Gasteiger partial charge is 0.316 e. The molecule has 7 heteroatoms. The zero-order valence-electron chi connectivity index (χ0n) is 19.5. The number of hydrogen-bond acceptors (Lipinski definition) is 5. The van der Waals surface area contributed by atoms with E-state index in [2.05, 4.69) is 0 Å². The van der Waals surface area contributed by atoms with Crippen LogP contribution in [0.1, 0.15) is 43.2 Å². The Bertz CT molecular complexity index is 1130. The van der Waals surface area contributed by atoms with Gasteiger partial charge in [0.15, 0.2) is 0 Å². The molecule has 0 N–H and O–H groups in total. The maximum atomic E-state index is 12.8. The summed E-state index contributed by atoms with van der Waals surface area (Å²) in [6, 6.07) is 12.3. The molecule has 3 aliphatic rings. The van der Waals surface area contributed by atoms with Crippen LogP contribution in [-0.4, -0.2) is 30.2 Å². The van der Waals surface area contributed by atoms with Crippen molar-refractivity contribution in [3.63, 3.8) is 0 Å². The lowest BCUT2D eigenvalue weighted by Crippen LogP contribution is -2.30. The zero-order valence-corrected chi connectivity index (χ0v) is 19.5. The Morgan fingerprint density at radius 2 is 1.47 bits per heavy atom. The Morgan fingerprint density at radius 1 is 0.882 bits per heavy atom. The third-order valence-electron chi connectivity index (χ3n) is 7.32. The first kappa shape index (κ1) is 22.3. The Kier molecular flexibility index (Phi) is 5.71. The van der Waals surface area contributed by atoms with E-state index in [4.69, 9.17) is 4.74 Å². The summed E-state index contributed by atoms with van der Waals surface area (Å²) in [6.07, 6.45) is 3.59. The van der Waals surface area contributed by atoms with E-state index in [0.29, 0.717) is 11.4 Å². The van der Waals surface area contributed by atoms with Crippen LogP contribution in [0.2, 0.25) is 0 Å². The van der Waals surface area contributed by atoms with Gasteiger partial charge in [0.25, 0.3) is 0 Å². The van der Waals surface area contributed by atoms with Crippen molar-refractivity contribution in [3.05, 3.63) is 53.6 Å². The summed E-state index contributed by atoms with van der Waals surface area (Å²) >= 11 is 0. The van der Waals surface area contributed by atoms with Crippen LogP contribution in [0.4, 0.5) is 11.4 Å². The van der Waals surface area contributed by atoms with Crippen LogP contribution in [0.15, 0.2) is 42.5 Å². The van der Waals surface area contributed by atoms with Crippen molar-refractivity contribution in [2.45, 2.75) is 46.0 Å². The highest BCUT2D eigenvalue weighted by Gasteiger charge is 2.48. The van der Waals surface area contributed by atoms with E-state index in [1.807, 2.05) is 32.0 Å². The molecule has 34 heavy (non-hydrogen) atoms. The van der Waals surface area contributed by atoms with Gasteiger partial charge >= 0.3 is 5.97 Å². The van der Waals surface area contributed by atoms with Gasteiger partial charge in [0.05, 0.1) is 23.4 Å². The van der Waals surface area contributed by atoms with Crippen molar-refractivity contribution in [3.8, 4) is 5.75 Å². The number of esters is 1. The molecule has 1 aliphatic carbocycles. The van der Waals surface area contributed by atoms with E-state index >= 15 is 0 Å². The van der Waals surface area contributed by atoms with Gasteiger partial charge in [-0.1, -0.05) is 31.0 Å². The van der Waals surface area contributed by atoms with Crippen molar-refractivity contribution in [1.82, 2.24) is 0 Å². The lowest BCUT2D eigenvalue weighted by Gasteiger charge is -2.21. The molecule has 1 saturated carbocycles. The molecule has 2 aromatic rings. The molecule has 2 saturated heterocycles. The SMILES string of the molecule is Cc1cccc(C)c1N1C[C@@H](C(=O)Oc2ccc(N3C(=O)[C@H]4CCCC[C@H]4C3=O)cc2)CC1=O. The second kappa shape index (κ2) is 8.70. The molecule has 3 amide bonds. The van der Waals surface area contributed by atoms with Crippen LogP contribution in [0, 0.1) is 31.6 Å². The number of rotatable bonds is 4. The molecule has 2 aliphatic heterocycles. The Morgan fingerprint density at radius 3 is 2.06 bits per heavy atom. The van der Waals surface area contributed by atoms with Gasteiger partial charge < -0.3 is 9.64 Å². The van der Waals surface area contributed by atoms with Crippen molar-refractivity contribution < 1.29 is 23.9 Å². The van der Waals surface area contributed by atoms with Crippen LogP contribution in [-0.2, 0) is 19.2 Å². The van der Waals surface area contributed by atoms with Gasteiger partial charge in [-0.25, -0.2) is 0 Å². The predicted octanol–water partition coefficient (Wildman–Crippen LogP) is 3.94. The maximum absolute atomic E-state index is 12.8. The summed E-state index contributed by atoms with van der Waals surface area (Å²) in [5, 5.41) is 0. The standard InChI is InChI=1S/C27H28N2O5/c1-16-6-5-7-17(2)24(16)28-15-18(14-23(28)30)27(33)34-20-12-10-19(11-13-20)29-25(31)21-8-3-4-9-22(21)26(29)32/h5-7,10-13,18,21-22H,3-4,8-9,14-15H2,1-2H3/t18-,21-,22+/m0/s1. The molecule has 7 nitrogen and oxygen atoms in total. The lowest BCUT2D eigenvalue weighted by molar-refractivity contribution is -0.139. The molecular formula is C27H28N2O5. The highest BCUT2D eigenvalue weighted by molar-refractivity contribution is 6.22. The summed E-state index contributed by atoms with van der Waals surface area (Å²) in [6.45, 7) is 4.18. The molecule has 0 radical (unpaired) electrons. The second-order valence-corrected chi connectivity index (χ2v) is 9.57. The van der Waals surface area contributed by atoms with E-state index in [1.165, 1.54) is 4.90 Å². The highest BCUT2D eigenvalue weighted by atomic mass is 16.5. The molecule has 2 heterocycles. The quantitative estimate of drug-likeness (QED) is 0.392. The first-order valence-corrected chi connectivity index (χ1v) is 11.9. The zero-order chi connectivity index (χ0) is 24.0. The van der Waals surface area contributed by atoms with Crippen molar-refractivity contribution in [1.29, 1.82) is 0 Å². The first-order valence-electron chi connectivity index (χ1n) is 11.9. The summed E-state index contributed by atoms with van der Waals surface area (Å²) in [5.41, 5.74) is 3.33. The van der Waals surface area contributed by atoms with Crippen LogP contribution < -0.4 is 14.5 Å². The van der Waals surface area contributed by atoms with Crippen LogP contribution in [0.5, 0.6) is 5.75 Å². The number of imide groups is 1. The average molecular weight is 461 g/mol. The minimum atomic E-state index is -0.559. The topological polar surface area (TPSA) is 84.0 Å². The van der Waals surface area contributed by atoms with Gasteiger partial charge in [-0.3, -0.25) is 24.1 Å². The molecule has 0 unspecified atom stereocenters. The van der Waals surface area contributed by atoms with Crippen LogP contribution in [0.3, 0.4) is 0 Å². The number of aryl methyl sites for hydroxylation is 2. The number of amides is 3. The minimum Gasteiger partial charge on any atom is -0.426 e. The average Bonchev–Trinajstić information content (AvgIpc) is 3.32. The fourth-order valence-electron chi connectivity index (χ4n) is 5.59. The molecule has 176 valence electrons. The van der Waals surface area contributed by atoms with Gasteiger partial charge in [-0.2, -0.15) is 0 Å². The first-order chi connectivity index (χ1) is 16.3. The third kappa shape index (κ3) is 3.79. The van der Waals surface area contributed by atoms with Crippen LogP contribution in [0.25, 0.3) is 0 Å². The molecule has 0 aromatic heterocycles. The summed E-state index contributed by atoms with van der Waals surface area (Å²) in [4.78, 5) is 54.0. The number of carbonyl (C=O) groups is 4. The van der Waals surface area contributed by atoms with Gasteiger partial charge in [0.1, 0.15) is 5.75 Å². The van der Waals surface area contributed by atoms with E-state index in [1.54, 1.807) is 29.2 Å². The third-order valence-corrected chi connectivity index (χ3v) is 7.32. The number of fused-ring (bicyclic) bond motifs is 1. The molecule has 0 bridgehead atoms. The van der Waals surface area contributed by atoms with Gasteiger partial charge in [0.2, 0.25) is 17.7 Å². The molecule has 3 atom stereocenters. The van der Waals surface area contributed by atoms with E-state index < -0.39 is 11.9 Å². The highest BCUT2D eigenvalue weighted by Crippen LogP contribution is 2.40. The van der Waals surface area contributed by atoms with E-state index in [0.717, 1.165) is 42.5 Å². The molecule has 5 rings (SSSR count). The van der Waals surface area contributed by atoms with Crippen LogP contribution >= 0.6 is 0 Å². The van der Waals surface area contributed by atoms with Gasteiger partial charge in [0, 0.05) is 18.7 Å². The Hall–Kier alpha value is -3.48. The fourth-order valence-corrected chi connectivity index (χ4v) is 5.59. The second-order valence-electron chi connectivity index (χ2n) is 9.57.